The Morgan fingerprint density at radius 1 is 1.38 bits per heavy atom. The van der Waals surface area contributed by atoms with Gasteiger partial charge >= 0.3 is 0 Å². The molecule has 1 aromatic rings. The maximum absolute atomic E-state index is 5.53. The molecule has 0 N–H and O–H groups in total. The van der Waals surface area contributed by atoms with E-state index in [2.05, 4.69) is 10.2 Å². The molecule has 1 aliphatic heterocycles. The molecule has 2 heterocycles. The fraction of sp³-hybridized carbons (Fsp3) is 0.750. The highest BCUT2D eigenvalue weighted by atomic mass is 35.5. The van der Waals surface area contributed by atoms with Crippen molar-refractivity contribution in [1.29, 1.82) is 0 Å². The molecular weight excluding hydrogens is 192 g/mol. The normalized spacial score (nSPS) is 22.4. The number of ether oxygens (including phenoxy) is 1. The molecule has 72 valence electrons. The van der Waals surface area contributed by atoms with Crippen molar-refractivity contribution in [3.63, 3.8) is 0 Å². The lowest BCUT2D eigenvalue weighted by Gasteiger charge is -2.03. The van der Waals surface area contributed by atoms with Crippen LogP contribution in [0.5, 0.6) is 0 Å². The molecule has 0 amide bonds. The number of hydrogen-bond donors (Lipinski definition) is 0. The minimum Gasteiger partial charge on any atom is -0.424 e. The molecule has 1 saturated heterocycles. The van der Waals surface area contributed by atoms with Gasteiger partial charge in [0.15, 0.2) is 0 Å². The molecule has 4 nitrogen and oxygen atoms in total. The first-order chi connectivity index (χ1) is 6.38. The maximum Gasteiger partial charge on any atom is 0.231 e. The molecule has 5 heteroatoms. The van der Waals surface area contributed by atoms with Crippen molar-refractivity contribution in [3.05, 3.63) is 11.8 Å². The summed E-state index contributed by atoms with van der Waals surface area (Å²) >= 11 is 5.53. The lowest BCUT2D eigenvalue weighted by Crippen LogP contribution is -2.08. The standard InChI is InChI=1S/C8H11ClN2O2/c9-5-8-11-10-7(13-8)4-6-2-1-3-12-6/h6H,1-5H2. The Hall–Kier alpha value is -0.610. The predicted molar refractivity (Wildman–Crippen MR) is 46.5 cm³/mol. The van der Waals surface area contributed by atoms with Crippen LogP contribution in [0, 0.1) is 0 Å². The molecule has 0 radical (unpaired) electrons. The predicted octanol–water partition coefficient (Wildman–Crippen LogP) is 1.53. The van der Waals surface area contributed by atoms with E-state index in [1.54, 1.807) is 0 Å². The molecule has 0 saturated carbocycles. The van der Waals surface area contributed by atoms with Gasteiger partial charge in [0.1, 0.15) is 5.88 Å². The topological polar surface area (TPSA) is 48.2 Å². The van der Waals surface area contributed by atoms with Gasteiger partial charge in [-0.2, -0.15) is 0 Å². The molecular formula is C8H11ClN2O2. The van der Waals surface area contributed by atoms with Gasteiger partial charge in [0.2, 0.25) is 11.8 Å². The van der Waals surface area contributed by atoms with Crippen molar-refractivity contribution in [2.24, 2.45) is 0 Å². The van der Waals surface area contributed by atoms with Crippen molar-refractivity contribution in [2.75, 3.05) is 6.61 Å². The Bertz CT molecular complexity index is 271. The minimum atomic E-state index is 0.253. The lowest BCUT2D eigenvalue weighted by molar-refractivity contribution is 0.105. The van der Waals surface area contributed by atoms with Crippen LogP contribution in [-0.2, 0) is 17.0 Å². The quantitative estimate of drug-likeness (QED) is 0.698. The first-order valence-corrected chi connectivity index (χ1v) is 4.91. The smallest absolute Gasteiger partial charge is 0.231 e. The molecule has 1 unspecified atom stereocenters. The first kappa shape index (κ1) is 8.97. The average Bonchev–Trinajstić information content (AvgIpc) is 2.76. The van der Waals surface area contributed by atoms with Gasteiger partial charge in [-0.3, -0.25) is 0 Å². The van der Waals surface area contributed by atoms with Gasteiger partial charge in [0.25, 0.3) is 0 Å². The highest BCUT2D eigenvalue weighted by molar-refractivity contribution is 6.16. The fourth-order valence-corrected chi connectivity index (χ4v) is 1.53. The maximum atomic E-state index is 5.53. The van der Waals surface area contributed by atoms with Crippen LogP contribution in [0.3, 0.4) is 0 Å². The first-order valence-electron chi connectivity index (χ1n) is 4.37. The van der Waals surface area contributed by atoms with Crippen LogP contribution in [0.15, 0.2) is 4.42 Å². The number of nitrogens with zero attached hydrogens (tertiary/aromatic N) is 2. The summed E-state index contributed by atoms with van der Waals surface area (Å²) < 4.78 is 10.7. The van der Waals surface area contributed by atoms with Crippen molar-refractivity contribution < 1.29 is 9.15 Å². The van der Waals surface area contributed by atoms with E-state index in [1.165, 1.54) is 0 Å². The fourth-order valence-electron chi connectivity index (χ4n) is 1.42. The summed E-state index contributed by atoms with van der Waals surface area (Å²) in [5.41, 5.74) is 0. The number of halogens is 1. The zero-order chi connectivity index (χ0) is 9.10. The Morgan fingerprint density at radius 2 is 2.23 bits per heavy atom. The monoisotopic (exact) mass is 202 g/mol. The van der Waals surface area contributed by atoms with Crippen molar-refractivity contribution >= 4 is 11.6 Å². The van der Waals surface area contributed by atoms with Crippen molar-refractivity contribution in [2.45, 2.75) is 31.2 Å². The molecule has 1 aliphatic rings. The average molecular weight is 203 g/mol. The van der Waals surface area contributed by atoms with Gasteiger partial charge in [-0.05, 0) is 12.8 Å². The van der Waals surface area contributed by atoms with Crippen LogP contribution in [0.25, 0.3) is 0 Å². The van der Waals surface area contributed by atoms with Crippen LogP contribution in [0.4, 0.5) is 0 Å². The zero-order valence-electron chi connectivity index (χ0n) is 7.20. The van der Waals surface area contributed by atoms with Crippen LogP contribution in [-0.4, -0.2) is 22.9 Å². The molecule has 0 aliphatic carbocycles. The van der Waals surface area contributed by atoms with E-state index < -0.39 is 0 Å². The largest absolute Gasteiger partial charge is 0.424 e. The van der Waals surface area contributed by atoms with E-state index >= 15 is 0 Å². The second-order valence-electron chi connectivity index (χ2n) is 3.06. The molecule has 0 bridgehead atoms. The third kappa shape index (κ3) is 2.19. The Morgan fingerprint density at radius 3 is 2.85 bits per heavy atom. The number of rotatable bonds is 3. The van der Waals surface area contributed by atoms with Crippen LogP contribution < -0.4 is 0 Å². The molecule has 1 aromatic heterocycles. The Balaban J connectivity index is 1.92. The van der Waals surface area contributed by atoms with Gasteiger partial charge in [0, 0.05) is 6.61 Å². The van der Waals surface area contributed by atoms with Gasteiger partial charge in [-0.1, -0.05) is 0 Å². The molecule has 0 aromatic carbocycles. The van der Waals surface area contributed by atoms with E-state index in [4.69, 9.17) is 20.8 Å². The second kappa shape index (κ2) is 4.07. The summed E-state index contributed by atoms with van der Waals surface area (Å²) in [6, 6.07) is 0. The van der Waals surface area contributed by atoms with E-state index in [9.17, 15) is 0 Å². The van der Waals surface area contributed by atoms with E-state index in [0.717, 1.165) is 19.4 Å². The van der Waals surface area contributed by atoms with E-state index in [1.807, 2.05) is 0 Å². The summed E-state index contributed by atoms with van der Waals surface area (Å²) in [4.78, 5) is 0. The van der Waals surface area contributed by atoms with Gasteiger partial charge < -0.3 is 9.15 Å². The summed E-state index contributed by atoms with van der Waals surface area (Å²) in [6.45, 7) is 0.848. The molecule has 0 spiro atoms. The van der Waals surface area contributed by atoms with Gasteiger partial charge in [-0.15, -0.1) is 21.8 Å². The van der Waals surface area contributed by atoms with Crippen molar-refractivity contribution in [1.82, 2.24) is 10.2 Å². The van der Waals surface area contributed by atoms with Gasteiger partial charge in [-0.25, -0.2) is 0 Å². The van der Waals surface area contributed by atoms with E-state index in [0.29, 0.717) is 18.2 Å². The minimum absolute atomic E-state index is 0.253. The summed E-state index contributed by atoms with van der Waals surface area (Å²) in [5, 5.41) is 7.64. The lowest BCUT2D eigenvalue weighted by atomic mass is 10.2. The molecule has 13 heavy (non-hydrogen) atoms. The van der Waals surface area contributed by atoms with Crippen molar-refractivity contribution in [3.8, 4) is 0 Å². The highest BCUT2D eigenvalue weighted by Crippen LogP contribution is 2.16. The van der Waals surface area contributed by atoms with Crippen LogP contribution >= 0.6 is 11.6 Å². The zero-order valence-corrected chi connectivity index (χ0v) is 7.96. The molecule has 2 rings (SSSR count). The third-order valence-electron chi connectivity index (χ3n) is 2.05. The Labute approximate surface area is 81.2 Å². The Kier molecular flexibility index (Phi) is 2.80. The van der Waals surface area contributed by atoms with E-state index in [-0.39, 0.29) is 12.0 Å². The van der Waals surface area contributed by atoms with Crippen LogP contribution in [0.1, 0.15) is 24.6 Å². The summed E-state index contributed by atoms with van der Waals surface area (Å²) in [6.07, 6.45) is 3.17. The SMILES string of the molecule is ClCc1nnc(CC2CCCO2)o1. The third-order valence-corrected chi connectivity index (χ3v) is 2.28. The van der Waals surface area contributed by atoms with Gasteiger partial charge in [0.05, 0.1) is 12.5 Å². The van der Waals surface area contributed by atoms with Crippen LogP contribution in [0.2, 0.25) is 0 Å². The highest BCUT2D eigenvalue weighted by Gasteiger charge is 2.18. The molecule has 1 fully saturated rings. The summed E-state index contributed by atoms with van der Waals surface area (Å²) in [7, 11) is 0. The summed E-state index contributed by atoms with van der Waals surface area (Å²) in [5.74, 6) is 1.38. The number of hydrogen-bond acceptors (Lipinski definition) is 4. The molecule has 1 atom stereocenters. The second-order valence-corrected chi connectivity index (χ2v) is 3.33. The number of alkyl halides is 1. The number of aromatic nitrogens is 2.